The summed E-state index contributed by atoms with van der Waals surface area (Å²) in [4.78, 5) is 22.7. The first-order valence-electron chi connectivity index (χ1n) is 5.72. The fourth-order valence-corrected chi connectivity index (χ4v) is 1.91. The summed E-state index contributed by atoms with van der Waals surface area (Å²) in [6.45, 7) is 0. The minimum atomic E-state index is -0.674. The van der Waals surface area contributed by atoms with Crippen molar-refractivity contribution in [2.75, 3.05) is 5.73 Å². The highest BCUT2D eigenvalue weighted by Gasteiger charge is 2.15. The smallest absolute Gasteiger partial charge is 0.249 e. The van der Waals surface area contributed by atoms with Crippen molar-refractivity contribution in [3.8, 4) is 16.9 Å². The summed E-state index contributed by atoms with van der Waals surface area (Å²) in [5, 5.41) is 9.93. The van der Waals surface area contributed by atoms with E-state index in [0.29, 0.717) is 16.8 Å². The third-order valence-electron chi connectivity index (χ3n) is 2.88. The van der Waals surface area contributed by atoms with Gasteiger partial charge < -0.3 is 22.3 Å². The number of aromatic hydroxyl groups is 1. The van der Waals surface area contributed by atoms with Gasteiger partial charge in [0.2, 0.25) is 11.8 Å². The molecule has 0 bridgehead atoms. The van der Waals surface area contributed by atoms with E-state index in [1.165, 1.54) is 30.3 Å². The molecule has 0 fully saturated rings. The van der Waals surface area contributed by atoms with E-state index >= 15 is 0 Å². The summed E-state index contributed by atoms with van der Waals surface area (Å²) in [5.74, 6) is -1.43. The lowest BCUT2D eigenvalue weighted by atomic mass is 9.95. The first kappa shape index (κ1) is 13.4. The number of carbonyl (C=O) groups excluding carboxylic acids is 2. The van der Waals surface area contributed by atoms with E-state index in [9.17, 15) is 14.7 Å². The Kier molecular flexibility index (Phi) is 3.30. The zero-order valence-electron chi connectivity index (χ0n) is 10.5. The minimum absolute atomic E-state index is 0.117. The average Bonchev–Trinajstić information content (AvgIpc) is 2.37. The Labute approximate surface area is 114 Å². The van der Waals surface area contributed by atoms with Gasteiger partial charge in [-0.1, -0.05) is 0 Å². The van der Waals surface area contributed by atoms with E-state index in [-0.39, 0.29) is 16.9 Å². The molecule has 2 amide bonds. The zero-order valence-corrected chi connectivity index (χ0v) is 10.5. The molecule has 0 radical (unpaired) electrons. The Morgan fingerprint density at radius 3 is 2.15 bits per heavy atom. The molecule has 0 aliphatic heterocycles. The molecule has 6 heteroatoms. The van der Waals surface area contributed by atoms with Crippen molar-refractivity contribution in [3.05, 3.63) is 47.5 Å². The summed E-state index contributed by atoms with van der Waals surface area (Å²) in [5.41, 5.74) is 17.5. The van der Waals surface area contributed by atoms with Gasteiger partial charge in [-0.05, 0) is 35.9 Å². The monoisotopic (exact) mass is 271 g/mol. The molecule has 2 aromatic carbocycles. The Morgan fingerprint density at radius 2 is 1.60 bits per heavy atom. The molecule has 0 saturated carbocycles. The number of benzene rings is 2. The third-order valence-corrected chi connectivity index (χ3v) is 2.88. The van der Waals surface area contributed by atoms with Crippen LogP contribution in [0, 0.1) is 0 Å². The van der Waals surface area contributed by atoms with Crippen LogP contribution in [0.4, 0.5) is 5.69 Å². The molecule has 20 heavy (non-hydrogen) atoms. The molecule has 102 valence electrons. The zero-order chi connectivity index (χ0) is 14.9. The molecule has 0 saturated heterocycles. The Balaban J connectivity index is 2.72. The second-order valence-corrected chi connectivity index (χ2v) is 4.27. The molecule has 7 N–H and O–H groups in total. The molecular weight excluding hydrogens is 258 g/mol. The predicted molar refractivity (Wildman–Crippen MR) is 75.0 cm³/mol. The van der Waals surface area contributed by atoms with Crippen molar-refractivity contribution in [3.63, 3.8) is 0 Å². The van der Waals surface area contributed by atoms with Gasteiger partial charge in [-0.3, -0.25) is 9.59 Å². The van der Waals surface area contributed by atoms with E-state index in [0.717, 1.165) is 0 Å². The van der Waals surface area contributed by atoms with E-state index in [1.807, 2.05) is 0 Å². The van der Waals surface area contributed by atoms with Crippen LogP contribution in [-0.2, 0) is 0 Å². The second kappa shape index (κ2) is 4.93. The van der Waals surface area contributed by atoms with Crippen LogP contribution in [0.5, 0.6) is 5.75 Å². The third kappa shape index (κ3) is 2.39. The quantitative estimate of drug-likeness (QED) is 0.615. The van der Waals surface area contributed by atoms with Crippen LogP contribution in [0.15, 0.2) is 36.4 Å². The Bertz CT molecular complexity index is 711. The standard InChI is InChI=1S/C14H13N3O3/c15-8-2-4-9(12(18)6-8)11-5-7(13(16)19)1-3-10(11)14(17)20/h1-6,18H,15H2,(H2,16,19)(H2,17,20). The van der Waals surface area contributed by atoms with Crippen LogP contribution >= 0.6 is 0 Å². The lowest BCUT2D eigenvalue weighted by Gasteiger charge is -2.11. The van der Waals surface area contributed by atoms with Crippen LogP contribution in [0.2, 0.25) is 0 Å². The van der Waals surface area contributed by atoms with Gasteiger partial charge in [0.25, 0.3) is 0 Å². The number of phenols is 1. The van der Waals surface area contributed by atoms with Gasteiger partial charge >= 0.3 is 0 Å². The van der Waals surface area contributed by atoms with E-state index < -0.39 is 11.8 Å². The number of hydrogen-bond acceptors (Lipinski definition) is 4. The maximum Gasteiger partial charge on any atom is 0.249 e. The maximum atomic E-state index is 11.5. The Morgan fingerprint density at radius 1 is 0.900 bits per heavy atom. The normalized spacial score (nSPS) is 10.2. The van der Waals surface area contributed by atoms with Crippen LogP contribution in [0.3, 0.4) is 0 Å². The lowest BCUT2D eigenvalue weighted by molar-refractivity contribution is 0.0988. The van der Waals surface area contributed by atoms with Gasteiger partial charge in [0.1, 0.15) is 5.75 Å². The fourth-order valence-electron chi connectivity index (χ4n) is 1.91. The van der Waals surface area contributed by atoms with Crippen LogP contribution in [0.25, 0.3) is 11.1 Å². The van der Waals surface area contributed by atoms with Crippen molar-refractivity contribution in [1.82, 2.24) is 0 Å². The molecule has 0 heterocycles. The van der Waals surface area contributed by atoms with Crippen LogP contribution in [-0.4, -0.2) is 16.9 Å². The van der Waals surface area contributed by atoms with Gasteiger partial charge in [0, 0.05) is 28.4 Å². The summed E-state index contributed by atoms with van der Waals surface area (Å²) < 4.78 is 0. The Hall–Kier alpha value is -3.02. The number of nitrogen functional groups attached to an aromatic ring is 1. The van der Waals surface area contributed by atoms with E-state index in [1.54, 1.807) is 6.07 Å². The number of anilines is 1. The van der Waals surface area contributed by atoms with Crippen LogP contribution in [0.1, 0.15) is 20.7 Å². The molecule has 6 nitrogen and oxygen atoms in total. The molecule has 0 atom stereocenters. The molecule has 0 spiro atoms. The summed E-state index contributed by atoms with van der Waals surface area (Å²) in [7, 11) is 0. The molecule has 2 aromatic rings. The molecule has 2 rings (SSSR count). The average molecular weight is 271 g/mol. The summed E-state index contributed by atoms with van der Waals surface area (Å²) in [6.07, 6.45) is 0. The predicted octanol–water partition coefficient (Wildman–Crippen LogP) is 0.839. The highest BCUT2D eigenvalue weighted by atomic mass is 16.3. The first-order valence-corrected chi connectivity index (χ1v) is 5.72. The SMILES string of the molecule is NC(=O)c1ccc(C(N)=O)c(-c2ccc(N)cc2O)c1. The van der Waals surface area contributed by atoms with E-state index in [2.05, 4.69) is 0 Å². The first-order chi connectivity index (χ1) is 9.40. The molecule has 0 unspecified atom stereocenters. The number of nitrogens with two attached hydrogens (primary N) is 3. The van der Waals surface area contributed by atoms with Crippen molar-refractivity contribution in [2.24, 2.45) is 11.5 Å². The fraction of sp³-hybridized carbons (Fsp3) is 0. The molecule has 0 aromatic heterocycles. The highest BCUT2D eigenvalue weighted by molar-refractivity contribution is 6.03. The highest BCUT2D eigenvalue weighted by Crippen LogP contribution is 2.33. The number of carbonyl (C=O) groups is 2. The molecule has 0 aliphatic carbocycles. The van der Waals surface area contributed by atoms with Crippen molar-refractivity contribution >= 4 is 17.5 Å². The molecule has 0 aliphatic rings. The maximum absolute atomic E-state index is 11.5. The van der Waals surface area contributed by atoms with Gasteiger partial charge in [0.05, 0.1) is 0 Å². The number of amides is 2. The topological polar surface area (TPSA) is 132 Å². The summed E-state index contributed by atoms with van der Waals surface area (Å²) >= 11 is 0. The molecular formula is C14H13N3O3. The largest absolute Gasteiger partial charge is 0.507 e. The van der Waals surface area contributed by atoms with Crippen molar-refractivity contribution in [2.45, 2.75) is 0 Å². The van der Waals surface area contributed by atoms with Gasteiger partial charge in [-0.15, -0.1) is 0 Å². The van der Waals surface area contributed by atoms with Crippen LogP contribution < -0.4 is 17.2 Å². The second-order valence-electron chi connectivity index (χ2n) is 4.27. The van der Waals surface area contributed by atoms with Crippen molar-refractivity contribution < 1.29 is 14.7 Å². The van der Waals surface area contributed by atoms with Gasteiger partial charge in [-0.25, -0.2) is 0 Å². The van der Waals surface area contributed by atoms with Gasteiger partial charge in [-0.2, -0.15) is 0 Å². The minimum Gasteiger partial charge on any atom is -0.507 e. The lowest BCUT2D eigenvalue weighted by Crippen LogP contribution is -2.15. The number of rotatable bonds is 3. The number of primary amides is 2. The van der Waals surface area contributed by atoms with Gasteiger partial charge in [0.15, 0.2) is 0 Å². The van der Waals surface area contributed by atoms with Crippen molar-refractivity contribution in [1.29, 1.82) is 0 Å². The van der Waals surface area contributed by atoms with E-state index in [4.69, 9.17) is 17.2 Å². The summed E-state index contributed by atoms with van der Waals surface area (Å²) in [6, 6.07) is 8.66. The number of hydrogen-bond donors (Lipinski definition) is 4. The number of phenolic OH excluding ortho intramolecular Hbond substituents is 1.